The van der Waals surface area contributed by atoms with Crippen LogP contribution in [0.3, 0.4) is 0 Å². The molecular formula is C16H25NO. The molecule has 0 aliphatic carbocycles. The van der Waals surface area contributed by atoms with E-state index in [0.717, 1.165) is 5.75 Å². The lowest BCUT2D eigenvalue weighted by Crippen LogP contribution is -2.58. The Bertz CT molecular complexity index is 390. The first-order chi connectivity index (χ1) is 8.37. The molecule has 0 amide bonds. The van der Waals surface area contributed by atoms with Crippen LogP contribution in [0.25, 0.3) is 0 Å². The van der Waals surface area contributed by atoms with Gasteiger partial charge in [0, 0.05) is 16.8 Å². The summed E-state index contributed by atoms with van der Waals surface area (Å²) in [6.07, 6.45) is 3.82. The predicted molar refractivity (Wildman–Crippen MR) is 77.5 cm³/mol. The lowest BCUT2D eigenvalue weighted by molar-refractivity contribution is 0.244. The third kappa shape index (κ3) is 2.33. The van der Waals surface area contributed by atoms with Crippen LogP contribution in [0.15, 0.2) is 24.3 Å². The van der Waals surface area contributed by atoms with Gasteiger partial charge in [0.2, 0.25) is 0 Å². The Morgan fingerprint density at radius 3 is 1.89 bits per heavy atom. The van der Waals surface area contributed by atoms with Crippen LogP contribution in [-0.4, -0.2) is 18.2 Å². The van der Waals surface area contributed by atoms with E-state index < -0.39 is 0 Å². The summed E-state index contributed by atoms with van der Waals surface area (Å²) < 4.78 is 5.24. The Labute approximate surface area is 111 Å². The molecule has 18 heavy (non-hydrogen) atoms. The molecule has 1 aliphatic rings. The number of ether oxygens (including phenoxy) is 1. The van der Waals surface area contributed by atoms with Gasteiger partial charge in [0.15, 0.2) is 0 Å². The van der Waals surface area contributed by atoms with E-state index in [1.165, 1.54) is 24.9 Å². The number of piperidine rings is 1. The second kappa shape index (κ2) is 4.49. The van der Waals surface area contributed by atoms with Crippen molar-refractivity contribution >= 4 is 5.69 Å². The van der Waals surface area contributed by atoms with Gasteiger partial charge in [-0.2, -0.15) is 0 Å². The summed E-state index contributed by atoms with van der Waals surface area (Å²) in [5, 5.41) is 0. The second-order valence-corrected chi connectivity index (χ2v) is 6.51. The van der Waals surface area contributed by atoms with E-state index in [-0.39, 0.29) is 11.1 Å². The van der Waals surface area contributed by atoms with Gasteiger partial charge in [-0.05, 0) is 71.2 Å². The first kappa shape index (κ1) is 13.3. The fraction of sp³-hybridized carbons (Fsp3) is 0.625. The van der Waals surface area contributed by atoms with E-state index in [4.69, 9.17) is 4.74 Å². The minimum absolute atomic E-state index is 0.219. The van der Waals surface area contributed by atoms with E-state index in [2.05, 4.69) is 56.9 Å². The largest absolute Gasteiger partial charge is 0.497 e. The molecule has 2 rings (SSSR count). The zero-order valence-corrected chi connectivity index (χ0v) is 12.3. The van der Waals surface area contributed by atoms with E-state index in [1.807, 2.05) is 0 Å². The summed E-state index contributed by atoms with van der Waals surface area (Å²) >= 11 is 0. The molecule has 0 spiro atoms. The molecule has 0 atom stereocenters. The quantitative estimate of drug-likeness (QED) is 0.775. The highest BCUT2D eigenvalue weighted by molar-refractivity contribution is 5.54. The molecule has 0 N–H and O–H groups in total. The topological polar surface area (TPSA) is 12.5 Å². The summed E-state index contributed by atoms with van der Waals surface area (Å²) in [4.78, 5) is 2.57. The lowest BCUT2D eigenvalue weighted by Gasteiger charge is -2.54. The summed E-state index contributed by atoms with van der Waals surface area (Å²) in [7, 11) is 1.71. The standard InChI is InChI=1S/C16H25NO/c1-15(2)11-6-12-16(3,4)17(15)13-7-9-14(18-5)10-8-13/h7-10H,6,11-12H2,1-5H3. The number of benzene rings is 1. The maximum Gasteiger partial charge on any atom is 0.119 e. The van der Waals surface area contributed by atoms with Gasteiger partial charge in [0.1, 0.15) is 5.75 Å². The van der Waals surface area contributed by atoms with Gasteiger partial charge in [-0.1, -0.05) is 0 Å². The van der Waals surface area contributed by atoms with Crippen LogP contribution in [0.1, 0.15) is 47.0 Å². The van der Waals surface area contributed by atoms with Crippen molar-refractivity contribution in [2.75, 3.05) is 12.0 Å². The molecule has 2 nitrogen and oxygen atoms in total. The SMILES string of the molecule is COc1ccc(N2C(C)(C)CCCC2(C)C)cc1. The number of methoxy groups -OCH3 is 1. The Kier molecular flexibility index (Phi) is 3.31. The highest BCUT2D eigenvalue weighted by Gasteiger charge is 2.41. The fourth-order valence-electron chi connectivity index (χ4n) is 3.43. The van der Waals surface area contributed by atoms with Gasteiger partial charge < -0.3 is 9.64 Å². The molecule has 0 unspecified atom stereocenters. The molecule has 0 saturated carbocycles. The first-order valence-corrected chi connectivity index (χ1v) is 6.81. The molecular weight excluding hydrogens is 222 g/mol. The van der Waals surface area contributed by atoms with Gasteiger partial charge in [0.25, 0.3) is 0 Å². The van der Waals surface area contributed by atoms with Crippen LogP contribution in [0.4, 0.5) is 5.69 Å². The molecule has 0 aromatic heterocycles. The molecule has 100 valence electrons. The predicted octanol–water partition coefficient (Wildman–Crippen LogP) is 4.24. The molecule has 1 saturated heterocycles. The van der Waals surface area contributed by atoms with Gasteiger partial charge in [-0.25, -0.2) is 0 Å². The molecule has 1 fully saturated rings. The third-order valence-electron chi connectivity index (χ3n) is 4.12. The minimum atomic E-state index is 0.219. The van der Waals surface area contributed by atoms with Crippen molar-refractivity contribution in [3.05, 3.63) is 24.3 Å². The molecule has 1 aliphatic heterocycles. The minimum Gasteiger partial charge on any atom is -0.497 e. The van der Waals surface area contributed by atoms with Crippen LogP contribution in [0.5, 0.6) is 5.75 Å². The average Bonchev–Trinajstić information content (AvgIpc) is 2.27. The summed E-state index contributed by atoms with van der Waals surface area (Å²) in [5.74, 6) is 0.923. The second-order valence-electron chi connectivity index (χ2n) is 6.51. The Morgan fingerprint density at radius 1 is 0.944 bits per heavy atom. The van der Waals surface area contributed by atoms with Crippen molar-refractivity contribution < 1.29 is 4.74 Å². The number of hydrogen-bond donors (Lipinski definition) is 0. The Balaban J connectivity index is 2.37. The van der Waals surface area contributed by atoms with Crippen molar-refractivity contribution in [1.82, 2.24) is 0 Å². The summed E-state index contributed by atoms with van der Waals surface area (Å²) in [6, 6.07) is 8.45. The molecule has 2 heteroatoms. The van der Waals surface area contributed by atoms with Crippen LogP contribution in [0.2, 0.25) is 0 Å². The van der Waals surface area contributed by atoms with Crippen molar-refractivity contribution in [1.29, 1.82) is 0 Å². The third-order valence-corrected chi connectivity index (χ3v) is 4.12. The molecule has 1 heterocycles. The highest BCUT2D eigenvalue weighted by atomic mass is 16.5. The number of nitrogens with zero attached hydrogens (tertiary/aromatic N) is 1. The van der Waals surface area contributed by atoms with Gasteiger partial charge in [0.05, 0.1) is 7.11 Å². The van der Waals surface area contributed by atoms with E-state index in [9.17, 15) is 0 Å². The van der Waals surface area contributed by atoms with E-state index in [1.54, 1.807) is 7.11 Å². The van der Waals surface area contributed by atoms with Crippen molar-refractivity contribution in [3.63, 3.8) is 0 Å². The Hall–Kier alpha value is -1.18. The highest BCUT2D eigenvalue weighted by Crippen LogP contribution is 2.42. The summed E-state index contributed by atoms with van der Waals surface area (Å²) in [5.41, 5.74) is 1.73. The molecule has 1 aromatic carbocycles. The maximum absolute atomic E-state index is 5.24. The van der Waals surface area contributed by atoms with Crippen LogP contribution < -0.4 is 9.64 Å². The zero-order chi connectivity index (χ0) is 13.4. The summed E-state index contributed by atoms with van der Waals surface area (Å²) in [6.45, 7) is 9.38. The monoisotopic (exact) mass is 247 g/mol. The smallest absolute Gasteiger partial charge is 0.119 e. The van der Waals surface area contributed by atoms with Crippen molar-refractivity contribution in [2.24, 2.45) is 0 Å². The first-order valence-electron chi connectivity index (χ1n) is 6.81. The zero-order valence-electron chi connectivity index (χ0n) is 12.3. The van der Waals surface area contributed by atoms with Crippen LogP contribution in [-0.2, 0) is 0 Å². The van der Waals surface area contributed by atoms with E-state index in [0.29, 0.717) is 0 Å². The number of hydrogen-bond acceptors (Lipinski definition) is 2. The maximum atomic E-state index is 5.24. The number of anilines is 1. The molecule has 0 bridgehead atoms. The fourth-order valence-corrected chi connectivity index (χ4v) is 3.43. The molecule has 1 aromatic rings. The van der Waals surface area contributed by atoms with Gasteiger partial charge in [-0.15, -0.1) is 0 Å². The van der Waals surface area contributed by atoms with Gasteiger partial charge in [-0.3, -0.25) is 0 Å². The van der Waals surface area contributed by atoms with Crippen molar-refractivity contribution in [2.45, 2.75) is 58.0 Å². The average molecular weight is 247 g/mol. The van der Waals surface area contributed by atoms with Gasteiger partial charge >= 0.3 is 0 Å². The van der Waals surface area contributed by atoms with E-state index >= 15 is 0 Å². The molecule has 0 radical (unpaired) electrons. The normalized spacial score (nSPS) is 21.7. The van der Waals surface area contributed by atoms with Crippen molar-refractivity contribution in [3.8, 4) is 5.75 Å². The van der Waals surface area contributed by atoms with Crippen LogP contribution >= 0.6 is 0 Å². The lowest BCUT2D eigenvalue weighted by atomic mass is 9.79. The number of rotatable bonds is 2. The Morgan fingerprint density at radius 2 is 1.44 bits per heavy atom. The van der Waals surface area contributed by atoms with Crippen LogP contribution in [0, 0.1) is 0 Å².